The Balaban J connectivity index is 1.18. The van der Waals surface area contributed by atoms with E-state index in [0.717, 1.165) is 49.5 Å². The topological polar surface area (TPSA) is 109 Å². The van der Waals surface area contributed by atoms with Crippen molar-refractivity contribution in [3.63, 3.8) is 0 Å². The summed E-state index contributed by atoms with van der Waals surface area (Å²) >= 11 is 0. The maximum Gasteiger partial charge on any atom is 0.227 e. The van der Waals surface area contributed by atoms with Gasteiger partial charge in [-0.25, -0.2) is 0 Å². The molecule has 9 nitrogen and oxygen atoms in total. The van der Waals surface area contributed by atoms with Crippen molar-refractivity contribution in [3.8, 4) is 5.75 Å². The Hall–Kier alpha value is -2.20. The van der Waals surface area contributed by atoms with Crippen molar-refractivity contribution in [3.05, 3.63) is 23.8 Å². The molecule has 36 heavy (non-hydrogen) atoms. The number of nitrogens with zero attached hydrogens (tertiary/aromatic N) is 1. The normalized spacial score (nSPS) is 28.6. The molecule has 4 aliphatic rings. The Morgan fingerprint density at radius 1 is 1.11 bits per heavy atom. The van der Waals surface area contributed by atoms with E-state index in [4.69, 9.17) is 14.2 Å². The molecular weight excluding hydrogens is 462 g/mol. The third-order valence-electron chi connectivity index (χ3n) is 7.97. The zero-order chi connectivity index (χ0) is 24.9. The van der Waals surface area contributed by atoms with E-state index < -0.39 is 6.10 Å². The van der Waals surface area contributed by atoms with E-state index in [9.17, 15) is 14.7 Å². The predicted molar refractivity (Wildman–Crippen MR) is 134 cm³/mol. The third-order valence-corrected chi connectivity index (χ3v) is 7.97. The van der Waals surface area contributed by atoms with Gasteiger partial charge in [-0.3, -0.25) is 9.59 Å². The van der Waals surface area contributed by atoms with E-state index >= 15 is 0 Å². The molecule has 1 aromatic rings. The summed E-state index contributed by atoms with van der Waals surface area (Å²) in [6.45, 7) is 4.81. The van der Waals surface area contributed by atoms with Gasteiger partial charge in [0.2, 0.25) is 11.8 Å². The van der Waals surface area contributed by atoms with Crippen LogP contribution in [0.25, 0.3) is 0 Å². The van der Waals surface area contributed by atoms with Crippen molar-refractivity contribution in [1.82, 2.24) is 10.2 Å². The van der Waals surface area contributed by atoms with Gasteiger partial charge in [0, 0.05) is 49.4 Å². The van der Waals surface area contributed by atoms with E-state index in [1.54, 1.807) is 0 Å². The van der Waals surface area contributed by atoms with Crippen LogP contribution in [0.3, 0.4) is 0 Å². The number of ether oxygens (including phenoxy) is 3. The number of likely N-dealkylation sites (tertiary alicyclic amines) is 1. The van der Waals surface area contributed by atoms with Crippen LogP contribution in [0.4, 0.5) is 5.69 Å². The fraction of sp³-hybridized carbons (Fsp3) is 0.704. The van der Waals surface area contributed by atoms with Crippen LogP contribution in [0.1, 0.15) is 56.4 Å². The van der Waals surface area contributed by atoms with Crippen LogP contribution in [-0.4, -0.2) is 86.1 Å². The Labute approximate surface area is 212 Å². The van der Waals surface area contributed by atoms with Gasteiger partial charge in [-0.2, -0.15) is 0 Å². The maximum absolute atomic E-state index is 12.7. The van der Waals surface area contributed by atoms with Crippen molar-refractivity contribution < 1.29 is 28.9 Å². The number of hydrogen-bond donors (Lipinski definition) is 3. The standard InChI is InChI=1S/C27H39N3O6/c31-17-24-26-22(15-20(35-24)16-25(32)28-8-11-30-9-2-1-3-10-30)21-14-19(4-5-23(21)36-26)29-27(33)18-6-12-34-13-7-18/h4-5,14,18,20,22,24,26,31H,1-3,6-13,15-17H2,(H,28,32)(H,29,33)/t20-,22-,24-,26+/m1/s1. The molecule has 0 aliphatic carbocycles. The molecule has 0 saturated carbocycles. The molecule has 0 aromatic heterocycles. The smallest absolute Gasteiger partial charge is 0.227 e. The van der Waals surface area contributed by atoms with Gasteiger partial charge < -0.3 is 34.9 Å². The summed E-state index contributed by atoms with van der Waals surface area (Å²) in [5, 5.41) is 16.1. The minimum Gasteiger partial charge on any atom is -0.487 e. The number of aliphatic hydroxyl groups excluding tert-OH is 1. The molecule has 198 valence electrons. The summed E-state index contributed by atoms with van der Waals surface area (Å²) in [6, 6.07) is 5.71. The van der Waals surface area contributed by atoms with Crippen LogP contribution in [0.2, 0.25) is 0 Å². The van der Waals surface area contributed by atoms with Crippen LogP contribution in [-0.2, 0) is 19.1 Å². The summed E-state index contributed by atoms with van der Waals surface area (Å²) in [5.74, 6) is 0.715. The molecule has 1 aromatic carbocycles. The zero-order valence-corrected chi connectivity index (χ0v) is 21.0. The van der Waals surface area contributed by atoms with Crippen LogP contribution in [0.15, 0.2) is 18.2 Å². The van der Waals surface area contributed by atoms with Gasteiger partial charge in [0.05, 0.1) is 19.1 Å². The highest BCUT2D eigenvalue weighted by Crippen LogP contribution is 2.47. The number of carbonyl (C=O) groups excluding carboxylic acids is 2. The van der Waals surface area contributed by atoms with Crippen LogP contribution in [0, 0.1) is 5.92 Å². The molecule has 0 unspecified atom stereocenters. The Morgan fingerprint density at radius 2 is 1.92 bits per heavy atom. The molecule has 5 rings (SSSR count). The van der Waals surface area contributed by atoms with E-state index in [0.29, 0.717) is 26.2 Å². The molecule has 4 heterocycles. The van der Waals surface area contributed by atoms with Gasteiger partial charge in [0.25, 0.3) is 0 Å². The van der Waals surface area contributed by atoms with E-state index in [-0.39, 0.29) is 48.9 Å². The summed E-state index contributed by atoms with van der Waals surface area (Å²) in [4.78, 5) is 27.8. The highest BCUT2D eigenvalue weighted by molar-refractivity contribution is 5.92. The number of benzene rings is 1. The SMILES string of the molecule is O=C(C[C@H]1C[C@@H]2c3cc(NC(=O)C4CCOCC4)ccc3O[C@@H]2[C@@H](CO)O1)NCCN1CCCCC1. The van der Waals surface area contributed by atoms with Gasteiger partial charge in [0.15, 0.2) is 0 Å². The van der Waals surface area contributed by atoms with Crippen molar-refractivity contribution in [2.75, 3.05) is 51.3 Å². The first-order valence-corrected chi connectivity index (χ1v) is 13.6. The second kappa shape index (κ2) is 11.9. The molecule has 4 atom stereocenters. The molecular formula is C27H39N3O6. The number of anilines is 1. The lowest BCUT2D eigenvalue weighted by Gasteiger charge is -2.37. The molecule has 4 aliphatic heterocycles. The Kier molecular flexibility index (Phi) is 8.41. The average Bonchev–Trinajstić information content (AvgIpc) is 3.27. The quantitative estimate of drug-likeness (QED) is 0.500. The van der Waals surface area contributed by atoms with Crippen LogP contribution >= 0.6 is 0 Å². The number of carbonyl (C=O) groups is 2. The molecule has 2 amide bonds. The summed E-state index contributed by atoms with van der Waals surface area (Å²) in [5.41, 5.74) is 1.75. The molecule has 0 radical (unpaired) electrons. The van der Waals surface area contributed by atoms with Gasteiger partial charge >= 0.3 is 0 Å². The van der Waals surface area contributed by atoms with E-state index in [1.807, 2.05) is 18.2 Å². The van der Waals surface area contributed by atoms with Crippen molar-refractivity contribution in [2.45, 2.75) is 69.2 Å². The first-order valence-electron chi connectivity index (χ1n) is 13.6. The fourth-order valence-electron chi connectivity index (χ4n) is 5.99. The number of hydrogen-bond acceptors (Lipinski definition) is 7. The minimum atomic E-state index is -0.498. The molecule has 0 bridgehead atoms. The molecule has 9 heteroatoms. The number of amides is 2. The number of rotatable bonds is 8. The number of aliphatic hydroxyl groups is 1. The number of piperidine rings is 1. The first-order chi connectivity index (χ1) is 17.6. The Bertz CT molecular complexity index is 915. The third kappa shape index (κ3) is 6.02. The highest BCUT2D eigenvalue weighted by atomic mass is 16.6. The summed E-state index contributed by atoms with van der Waals surface area (Å²) in [6.07, 6.45) is 5.04. The van der Waals surface area contributed by atoms with Gasteiger partial charge in [0.1, 0.15) is 18.0 Å². The summed E-state index contributed by atoms with van der Waals surface area (Å²) in [7, 11) is 0. The molecule has 3 fully saturated rings. The van der Waals surface area contributed by atoms with Crippen molar-refractivity contribution >= 4 is 17.5 Å². The number of nitrogens with one attached hydrogen (secondary N) is 2. The largest absolute Gasteiger partial charge is 0.487 e. The molecule has 3 saturated heterocycles. The van der Waals surface area contributed by atoms with Gasteiger partial charge in [-0.1, -0.05) is 6.42 Å². The summed E-state index contributed by atoms with van der Waals surface area (Å²) < 4.78 is 17.6. The first kappa shape index (κ1) is 25.4. The predicted octanol–water partition coefficient (Wildman–Crippen LogP) is 2.04. The van der Waals surface area contributed by atoms with Gasteiger partial charge in [-0.05, 0) is 63.4 Å². The number of fused-ring (bicyclic) bond motifs is 3. The maximum atomic E-state index is 12.7. The fourth-order valence-corrected chi connectivity index (χ4v) is 5.99. The lowest BCUT2D eigenvalue weighted by atomic mass is 9.84. The second-order valence-electron chi connectivity index (χ2n) is 10.5. The minimum absolute atomic E-state index is 0.00279. The molecule has 0 spiro atoms. The zero-order valence-electron chi connectivity index (χ0n) is 21.0. The van der Waals surface area contributed by atoms with Gasteiger partial charge in [-0.15, -0.1) is 0 Å². The van der Waals surface area contributed by atoms with E-state index in [1.165, 1.54) is 19.3 Å². The second-order valence-corrected chi connectivity index (χ2v) is 10.5. The monoisotopic (exact) mass is 501 g/mol. The molecule has 3 N–H and O–H groups in total. The lowest BCUT2D eigenvalue weighted by Crippen LogP contribution is -2.47. The lowest BCUT2D eigenvalue weighted by molar-refractivity contribution is -0.142. The van der Waals surface area contributed by atoms with Crippen molar-refractivity contribution in [1.29, 1.82) is 0 Å². The van der Waals surface area contributed by atoms with E-state index in [2.05, 4.69) is 15.5 Å². The Morgan fingerprint density at radius 3 is 2.69 bits per heavy atom. The highest BCUT2D eigenvalue weighted by Gasteiger charge is 2.46. The van der Waals surface area contributed by atoms with Crippen LogP contribution < -0.4 is 15.4 Å². The van der Waals surface area contributed by atoms with Crippen LogP contribution in [0.5, 0.6) is 5.75 Å². The van der Waals surface area contributed by atoms with Crippen molar-refractivity contribution in [2.24, 2.45) is 5.92 Å². The average molecular weight is 502 g/mol.